The molecule has 2 saturated carbocycles. The molecule has 0 saturated heterocycles. The first-order valence-corrected chi connectivity index (χ1v) is 20.5. The van der Waals surface area contributed by atoms with E-state index in [2.05, 4.69) is 110 Å². The summed E-state index contributed by atoms with van der Waals surface area (Å²) in [4.78, 5) is 9.94. The molecule has 4 N–H and O–H groups in total. The number of hydrogen-bond acceptors (Lipinski definition) is 6. The molecule has 0 aliphatic heterocycles. The molecule has 0 atom stereocenters. The van der Waals surface area contributed by atoms with Gasteiger partial charge in [0.1, 0.15) is 16.5 Å². The Kier molecular flexibility index (Phi) is 9.73. The minimum Gasteiger partial charge on any atom is -0.321 e. The average molecular weight is 771 g/mol. The molecule has 4 heterocycles. The van der Waals surface area contributed by atoms with E-state index in [4.69, 9.17) is 38.1 Å². The third-order valence-corrected chi connectivity index (χ3v) is 12.2. The molecule has 9 heteroatoms. The summed E-state index contributed by atoms with van der Waals surface area (Å²) in [6.45, 7) is 4.33. The molecule has 0 spiro atoms. The van der Waals surface area contributed by atoms with E-state index < -0.39 is 0 Å². The Bertz CT molecular complexity index is 2670. The Morgan fingerprint density at radius 2 is 1.07 bits per heavy atom. The zero-order chi connectivity index (χ0) is 39.1. The molecule has 4 aromatic heterocycles. The number of fused-ring (bicyclic) bond motifs is 2. The Morgan fingerprint density at radius 1 is 0.561 bits per heavy atom. The fourth-order valence-electron chi connectivity index (χ4n) is 8.21. The molecule has 57 heavy (non-hydrogen) atoms. The van der Waals surface area contributed by atoms with E-state index in [1.165, 1.54) is 29.5 Å². The number of imidazole rings is 2. The molecule has 0 radical (unpaired) electrons. The number of hydrogen-bond donors (Lipinski definition) is 2. The largest absolute Gasteiger partial charge is 0.321 e. The number of nitrogens with zero attached hydrogens (tertiary/aromatic N) is 6. The second kappa shape index (κ2) is 15.0. The van der Waals surface area contributed by atoms with Crippen LogP contribution in [0.4, 0.5) is 0 Å². The van der Waals surface area contributed by atoms with Gasteiger partial charge >= 0.3 is 0 Å². The second-order valence-corrected chi connectivity index (χ2v) is 15.9. The van der Waals surface area contributed by atoms with Crippen molar-refractivity contribution in [3.05, 3.63) is 155 Å². The van der Waals surface area contributed by atoms with Gasteiger partial charge in [0.05, 0.1) is 17.1 Å². The Labute approximate surface area is 338 Å². The summed E-state index contributed by atoms with van der Waals surface area (Å²) in [5.41, 5.74) is 27.3. The standard InChI is InChI=1S/C26H28N4.C22H19ClN4/c1-3-18-17-22(4-2)29-30-24(20-9-6-5-7-10-20)23(28-25(18)30)19-11-13-21(14-12-19)26(27)15-8-16-26;23-18-11-12-19-25-20(21(27(19)26-18)16-5-2-1-3-6-16)15-7-9-17(10-8-15)22(24)13-4-14-22/h5-7,9-14,17H,3-4,8,15-16,27H2,1-2H3;1-3,5-12H,4,13-14,24H2. The van der Waals surface area contributed by atoms with Gasteiger partial charge in [0.2, 0.25) is 0 Å². The van der Waals surface area contributed by atoms with Crippen molar-refractivity contribution in [2.24, 2.45) is 11.5 Å². The van der Waals surface area contributed by atoms with Crippen molar-refractivity contribution in [3.63, 3.8) is 0 Å². The van der Waals surface area contributed by atoms with E-state index in [1.807, 2.05) is 39.4 Å². The highest BCUT2D eigenvalue weighted by Crippen LogP contribution is 2.42. The predicted octanol–water partition coefficient (Wildman–Crippen LogP) is 10.6. The summed E-state index contributed by atoms with van der Waals surface area (Å²) < 4.78 is 3.86. The highest BCUT2D eigenvalue weighted by Gasteiger charge is 2.35. The van der Waals surface area contributed by atoms with E-state index >= 15 is 0 Å². The predicted molar refractivity (Wildman–Crippen MR) is 231 cm³/mol. The van der Waals surface area contributed by atoms with Crippen LogP contribution in [0.15, 0.2) is 127 Å². The Morgan fingerprint density at radius 3 is 1.54 bits per heavy atom. The monoisotopic (exact) mass is 770 g/mol. The van der Waals surface area contributed by atoms with Gasteiger partial charge in [0, 0.05) is 33.3 Å². The van der Waals surface area contributed by atoms with Crippen molar-refractivity contribution in [2.75, 3.05) is 0 Å². The summed E-state index contributed by atoms with van der Waals surface area (Å²) in [6.07, 6.45) is 8.50. The number of aromatic nitrogens is 6. The van der Waals surface area contributed by atoms with Gasteiger partial charge in [-0.25, -0.2) is 19.0 Å². The van der Waals surface area contributed by atoms with Crippen molar-refractivity contribution in [1.29, 1.82) is 0 Å². The van der Waals surface area contributed by atoms with Crippen molar-refractivity contribution < 1.29 is 0 Å². The summed E-state index contributed by atoms with van der Waals surface area (Å²) in [7, 11) is 0. The van der Waals surface area contributed by atoms with Gasteiger partial charge in [-0.3, -0.25) is 0 Å². The molecule has 8 aromatic rings. The first kappa shape index (κ1) is 36.9. The SMILES string of the molecule is CCc1cc(CC)c2nc(-c3ccc(C4(N)CCC4)cc3)c(-c3ccccc3)n2n1.NC1(c2ccc(-c3nc4ccc(Cl)nn4c3-c3ccccc3)cc2)CCC1. The lowest BCUT2D eigenvalue weighted by molar-refractivity contribution is 0.253. The van der Waals surface area contributed by atoms with Gasteiger partial charge in [-0.05, 0) is 86.3 Å². The van der Waals surface area contributed by atoms with Crippen LogP contribution in [0.3, 0.4) is 0 Å². The van der Waals surface area contributed by atoms with Crippen LogP contribution in [0.25, 0.3) is 56.3 Å². The van der Waals surface area contributed by atoms with E-state index in [0.29, 0.717) is 5.15 Å². The quantitative estimate of drug-likeness (QED) is 0.159. The number of halogens is 1. The maximum Gasteiger partial charge on any atom is 0.158 e. The Hall–Kier alpha value is -5.67. The molecule has 2 fully saturated rings. The maximum atomic E-state index is 6.54. The molecule has 2 aliphatic carbocycles. The van der Waals surface area contributed by atoms with Crippen LogP contribution in [0, 0.1) is 0 Å². The van der Waals surface area contributed by atoms with Gasteiger partial charge < -0.3 is 11.5 Å². The fraction of sp³-hybridized carbons (Fsp3) is 0.250. The normalized spacial score (nSPS) is 15.5. The summed E-state index contributed by atoms with van der Waals surface area (Å²) in [5.74, 6) is 0. The van der Waals surface area contributed by atoms with E-state index in [0.717, 1.165) is 101 Å². The lowest BCUT2D eigenvalue weighted by atomic mass is 9.72. The minimum absolute atomic E-state index is 0.146. The molecule has 10 rings (SSSR count). The highest BCUT2D eigenvalue weighted by atomic mass is 35.5. The first-order valence-electron chi connectivity index (χ1n) is 20.1. The fourth-order valence-corrected chi connectivity index (χ4v) is 8.35. The molecular formula is C48H47ClN8. The summed E-state index contributed by atoms with van der Waals surface area (Å²) in [5, 5.41) is 9.85. The molecule has 0 bridgehead atoms. The molecular weight excluding hydrogens is 724 g/mol. The minimum atomic E-state index is -0.158. The van der Waals surface area contributed by atoms with Crippen LogP contribution < -0.4 is 11.5 Å². The molecule has 286 valence electrons. The zero-order valence-corrected chi connectivity index (χ0v) is 33.3. The number of rotatable bonds is 8. The van der Waals surface area contributed by atoms with Gasteiger partial charge in [-0.15, -0.1) is 0 Å². The van der Waals surface area contributed by atoms with E-state index in [1.54, 1.807) is 6.07 Å². The third kappa shape index (κ3) is 6.82. The summed E-state index contributed by atoms with van der Waals surface area (Å²) in [6, 6.07) is 43.6. The van der Waals surface area contributed by atoms with Crippen molar-refractivity contribution in [3.8, 4) is 45.0 Å². The van der Waals surface area contributed by atoms with Gasteiger partial charge in [0.15, 0.2) is 11.3 Å². The van der Waals surface area contributed by atoms with Crippen molar-refractivity contribution >= 4 is 22.9 Å². The molecule has 0 amide bonds. The third-order valence-electron chi connectivity index (χ3n) is 12.0. The van der Waals surface area contributed by atoms with Crippen LogP contribution in [0.5, 0.6) is 0 Å². The van der Waals surface area contributed by atoms with Crippen LogP contribution in [0.1, 0.15) is 74.8 Å². The van der Waals surface area contributed by atoms with Crippen molar-refractivity contribution in [1.82, 2.24) is 29.2 Å². The summed E-state index contributed by atoms with van der Waals surface area (Å²) >= 11 is 6.15. The van der Waals surface area contributed by atoms with Gasteiger partial charge in [-0.2, -0.15) is 10.2 Å². The van der Waals surface area contributed by atoms with Crippen LogP contribution in [-0.2, 0) is 23.9 Å². The first-order chi connectivity index (χ1) is 27.8. The van der Waals surface area contributed by atoms with Gasteiger partial charge in [0.25, 0.3) is 0 Å². The second-order valence-electron chi connectivity index (χ2n) is 15.6. The molecule has 2 aliphatic rings. The highest BCUT2D eigenvalue weighted by molar-refractivity contribution is 6.29. The smallest absolute Gasteiger partial charge is 0.158 e. The number of aryl methyl sites for hydroxylation is 2. The zero-order valence-electron chi connectivity index (χ0n) is 32.5. The number of nitrogens with two attached hydrogens (primary N) is 2. The number of benzene rings is 4. The lowest BCUT2D eigenvalue weighted by Gasteiger charge is -2.38. The maximum absolute atomic E-state index is 6.54. The Balaban J connectivity index is 0.000000149. The van der Waals surface area contributed by atoms with E-state index in [-0.39, 0.29) is 11.1 Å². The lowest BCUT2D eigenvalue weighted by Crippen LogP contribution is -2.43. The molecule has 4 aromatic carbocycles. The molecule has 0 unspecified atom stereocenters. The topological polar surface area (TPSA) is 112 Å². The average Bonchev–Trinajstić information content (AvgIpc) is 3.81. The van der Waals surface area contributed by atoms with E-state index in [9.17, 15) is 0 Å². The van der Waals surface area contributed by atoms with Crippen molar-refractivity contribution in [2.45, 2.75) is 76.3 Å². The van der Waals surface area contributed by atoms with Crippen LogP contribution >= 0.6 is 11.6 Å². The van der Waals surface area contributed by atoms with Crippen LogP contribution in [-0.4, -0.2) is 29.2 Å². The van der Waals surface area contributed by atoms with Gasteiger partial charge in [-0.1, -0.05) is 135 Å². The van der Waals surface area contributed by atoms with Crippen LogP contribution in [0.2, 0.25) is 5.15 Å². The molecule has 8 nitrogen and oxygen atoms in total.